The van der Waals surface area contributed by atoms with E-state index >= 15 is 0 Å². The number of para-hydroxylation sites is 1. The minimum absolute atomic E-state index is 0.104. The average molecular weight is 387 g/mol. The number of pyridine rings is 1. The number of carbonyl (C=O) groups is 1. The molecule has 1 aromatic carbocycles. The van der Waals surface area contributed by atoms with E-state index in [0.29, 0.717) is 0 Å². The first kappa shape index (κ1) is 18.1. The van der Waals surface area contributed by atoms with Crippen molar-refractivity contribution in [2.45, 2.75) is 31.7 Å². The van der Waals surface area contributed by atoms with Crippen LogP contribution in [-0.2, 0) is 6.42 Å². The van der Waals surface area contributed by atoms with Crippen molar-refractivity contribution < 1.29 is 9.21 Å². The van der Waals surface area contributed by atoms with Gasteiger partial charge in [0.2, 0.25) is 0 Å². The Hall–Kier alpha value is -2.92. The molecule has 0 bridgehead atoms. The highest BCUT2D eigenvalue weighted by Crippen LogP contribution is 2.36. The van der Waals surface area contributed by atoms with Crippen molar-refractivity contribution in [1.82, 2.24) is 15.2 Å². The van der Waals surface area contributed by atoms with Crippen LogP contribution in [0.25, 0.3) is 22.6 Å². The van der Waals surface area contributed by atoms with Gasteiger partial charge in [0.1, 0.15) is 5.76 Å². The van der Waals surface area contributed by atoms with Gasteiger partial charge < -0.3 is 14.6 Å². The van der Waals surface area contributed by atoms with E-state index in [9.17, 15) is 4.79 Å². The zero-order valence-electron chi connectivity index (χ0n) is 16.6. The Morgan fingerprint density at radius 1 is 1.24 bits per heavy atom. The van der Waals surface area contributed by atoms with Gasteiger partial charge in [0, 0.05) is 25.0 Å². The second kappa shape index (κ2) is 7.48. The Bertz CT molecular complexity index is 1080. The van der Waals surface area contributed by atoms with E-state index in [1.165, 1.54) is 0 Å². The van der Waals surface area contributed by atoms with Crippen molar-refractivity contribution in [3.8, 4) is 0 Å². The van der Waals surface area contributed by atoms with Crippen LogP contribution >= 0.6 is 0 Å². The molecule has 148 valence electrons. The molecule has 2 aliphatic rings. The summed E-state index contributed by atoms with van der Waals surface area (Å²) in [5.74, 6) is 0.928. The largest absolute Gasteiger partial charge is 0.465 e. The van der Waals surface area contributed by atoms with Gasteiger partial charge >= 0.3 is 0 Å². The normalized spacial score (nSPS) is 20.2. The van der Waals surface area contributed by atoms with Gasteiger partial charge in [0.05, 0.1) is 23.0 Å². The zero-order valence-corrected chi connectivity index (χ0v) is 16.6. The van der Waals surface area contributed by atoms with Crippen molar-refractivity contribution in [3.63, 3.8) is 0 Å². The Balaban J connectivity index is 1.68. The molecule has 29 heavy (non-hydrogen) atoms. The molecule has 2 aromatic heterocycles. The van der Waals surface area contributed by atoms with E-state index in [-0.39, 0.29) is 11.9 Å². The number of benzene rings is 1. The number of likely N-dealkylation sites (N-methyl/N-ethyl adjacent to an activating group) is 1. The van der Waals surface area contributed by atoms with E-state index in [0.717, 1.165) is 77.8 Å². The summed E-state index contributed by atoms with van der Waals surface area (Å²) >= 11 is 0. The lowest BCUT2D eigenvalue weighted by Gasteiger charge is -2.28. The van der Waals surface area contributed by atoms with Crippen molar-refractivity contribution in [1.29, 1.82) is 0 Å². The molecule has 1 saturated heterocycles. The molecule has 5 rings (SSSR count). The monoisotopic (exact) mass is 387 g/mol. The highest BCUT2D eigenvalue weighted by molar-refractivity contribution is 6.09. The van der Waals surface area contributed by atoms with Crippen LogP contribution in [0.3, 0.4) is 0 Å². The second-order valence-electron chi connectivity index (χ2n) is 7.93. The van der Waals surface area contributed by atoms with Crippen LogP contribution in [0.15, 0.2) is 47.1 Å². The molecule has 1 amide bonds. The van der Waals surface area contributed by atoms with Crippen molar-refractivity contribution in [2.75, 3.05) is 20.1 Å². The van der Waals surface area contributed by atoms with E-state index in [4.69, 9.17) is 9.40 Å². The number of hydrogen-bond donors (Lipinski definition) is 1. The number of fused-ring (bicyclic) bond motifs is 2. The van der Waals surface area contributed by atoms with Crippen LogP contribution in [0.1, 0.15) is 46.6 Å². The molecular formula is C24H25N3O2. The van der Waals surface area contributed by atoms with Crippen LogP contribution in [0.4, 0.5) is 0 Å². The first-order valence-corrected chi connectivity index (χ1v) is 10.4. The highest BCUT2D eigenvalue weighted by Gasteiger charge is 2.30. The van der Waals surface area contributed by atoms with E-state index in [2.05, 4.69) is 11.4 Å². The summed E-state index contributed by atoms with van der Waals surface area (Å²) in [6, 6.07) is 12.1. The number of furan rings is 1. The van der Waals surface area contributed by atoms with Crippen molar-refractivity contribution >= 4 is 28.5 Å². The molecule has 5 nitrogen and oxygen atoms in total. The molecule has 1 N–H and O–H groups in total. The van der Waals surface area contributed by atoms with Gasteiger partial charge in [-0.3, -0.25) is 4.79 Å². The number of allylic oxidation sites excluding steroid dienone is 1. The predicted octanol–water partition coefficient (Wildman–Crippen LogP) is 4.14. The first-order valence-electron chi connectivity index (χ1n) is 10.4. The molecule has 0 spiro atoms. The lowest BCUT2D eigenvalue weighted by atomic mass is 9.85. The van der Waals surface area contributed by atoms with Gasteiger partial charge in [0.25, 0.3) is 5.91 Å². The average Bonchev–Trinajstić information content (AvgIpc) is 3.46. The third-order valence-electron chi connectivity index (χ3n) is 6.15. The summed E-state index contributed by atoms with van der Waals surface area (Å²) in [6.07, 6.45) is 7.57. The number of aromatic nitrogens is 1. The van der Waals surface area contributed by atoms with Crippen LogP contribution < -0.4 is 5.32 Å². The highest BCUT2D eigenvalue weighted by atomic mass is 16.3. The lowest BCUT2D eigenvalue weighted by molar-refractivity contribution is 0.0744. The number of nitrogens with zero attached hydrogens (tertiary/aromatic N) is 2. The number of carbonyl (C=O) groups excluding carboxylic acids is 1. The minimum atomic E-state index is 0.104. The molecule has 1 aliphatic carbocycles. The molecule has 1 atom stereocenters. The molecule has 3 heterocycles. The lowest BCUT2D eigenvalue weighted by Crippen LogP contribution is -2.39. The predicted molar refractivity (Wildman–Crippen MR) is 115 cm³/mol. The first-order chi connectivity index (χ1) is 14.2. The van der Waals surface area contributed by atoms with Crippen LogP contribution in [0.2, 0.25) is 0 Å². The Kier molecular flexibility index (Phi) is 4.68. The third kappa shape index (κ3) is 3.25. The minimum Gasteiger partial charge on any atom is -0.465 e. The molecular weight excluding hydrogens is 362 g/mol. The van der Waals surface area contributed by atoms with Gasteiger partial charge in [-0.25, -0.2) is 4.98 Å². The molecule has 5 heteroatoms. The number of hydrogen-bond acceptors (Lipinski definition) is 4. The summed E-state index contributed by atoms with van der Waals surface area (Å²) in [5.41, 5.74) is 4.87. The van der Waals surface area contributed by atoms with Crippen LogP contribution in [0.5, 0.6) is 0 Å². The van der Waals surface area contributed by atoms with Crippen molar-refractivity contribution in [3.05, 3.63) is 65.2 Å². The molecule has 1 fully saturated rings. The molecule has 1 aliphatic heterocycles. The van der Waals surface area contributed by atoms with Gasteiger partial charge in [-0.2, -0.15) is 0 Å². The third-order valence-corrected chi connectivity index (χ3v) is 6.15. The summed E-state index contributed by atoms with van der Waals surface area (Å²) < 4.78 is 5.54. The van der Waals surface area contributed by atoms with Gasteiger partial charge in [-0.15, -0.1) is 0 Å². The fourth-order valence-corrected chi connectivity index (χ4v) is 4.58. The smallest absolute Gasteiger partial charge is 0.254 e. The summed E-state index contributed by atoms with van der Waals surface area (Å²) in [5, 5.41) is 4.32. The van der Waals surface area contributed by atoms with Gasteiger partial charge in [0.15, 0.2) is 0 Å². The maximum absolute atomic E-state index is 13.7. The SMILES string of the molecule is CN(C(=O)c1c2c(nc3ccccc13)/C(=C\c1ccco1)CCC2)C1CCNC1. The Morgan fingerprint density at radius 2 is 2.14 bits per heavy atom. The standard InChI is InChI=1S/C24H25N3O2/c1-27(17-11-12-25-15-17)24(28)22-19-8-2-3-10-21(19)26-23-16(6-4-9-20(22)23)14-18-7-5-13-29-18/h2-3,5,7-8,10,13-14,17,25H,4,6,9,11-12,15H2,1H3/b16-14-. The fourth-order valence-electron chi connectivity index (χ4n) is 4.58. The summed E-state index contributed by atoms with van der Waals surface area (Å²) in [7, 11) is 1.93. The van der Waals surface area contributed by atoms with E-state index < -0.39 is 0 Å². The number of rotatable bonds is 3. The zero-order chi connectivity index (χ0) is 19.8. The molecule has 0 saturated carbocycles. The quantitative estimate of drug-likeness (QED) is 0.734. The maximum atomic E-state index is 13.7. The molecule has 0 radical (unpaired) electrons. The van der Waals surface area contributed by atoms with Crippen LogP contribution in [0, 0.1) is 0 Å². The van der Waals surface area contributed by atoms with Crippen molar-refractivity contribution in [2.24, 2.45) is 0 Å². The van der Waals surface area contributed by atoms with Gasteiger partial charge in [-0.05, 0) is 67.6 Å². The summed E-state index contributed by atoms with van der Waals surface area (Å²) in [6.45, 7) is 1.82. The molecule has 1 unspecified atom stereocenters. The molecule has 3 aromatic rings. The Labute approximate surface area is 170 Å². The topological polar surface area (TPSA) is 58.4 Å². The maximum Gasteiger partial charge on any atom is 0.254 e. The second-order valence-corrected chi connectivity index (χ2v) is 7.93. The summed E-state index contributed by atoms with van der Waals surface area (Å²) in [4.78, 5) is 20.6. The van der Waals surface area contributed by atoms with Crippen LogP contribution in [-0.4, -0.2) is 42.0 Å². The Morgan fingerprint density at radius 3 is 2.93 bits per heavy atom. The fraction of sp³-hybridized carbons (Fsp3) is 0.333. The number of nitrogens with one attached hydrogen (secondary N) is 1. The van der Waals surface area contributed by atoms with E-state index in [1.54, 1.807) is 6.26 Å². The number of amides is 1. The van der Waals surface area contributed by atoms with Gasteiger partial charge in [-0.1, -0.05) is 18.2 Å². The van der Waals surface area contributed by atoms with E-state index in [1.807, 2.05) is 48.3 Å².